The average Bonchev–Trinajstić information content (AvgIpc) is 3.31. The van der Waals surface area contributed by atoms with Gasteiger partial charge >= 0.3 is 0 Å². The van der Waals surface area contributed by atoms with Crippen molar-refractivity contribution < 1.29 is 4.79 Å². The van der Waals surface area contributed by atoms with Crippen LogP contribution in [-0.4, -0.2) is 26.4 Å². The number of aliphatic imine (C=N–C) groups is 1. The molecule has 1 N–H and O–H groups in total. The normalized spacial score (nSPS) is 15.0. The summed E-state index contributed by atoms with van der Waals surface area (Å²) in [5, 5.41) is 12.5. The third kappa shape index (κ3) is 4.66. The molecule has 0 fully saturated rings. The van der Waals surface area contributed by atoms with Gasteiger partial charge < -0.3 is 9.88 Å². The number of fused-ring (bicyclic) bond motifs is 2. The Morgan fingerprint density at radius 2 is 1.77 bits per heavy atom. The lowest BCUT2D eigenvalue weighted by Crippen LogP contribution is -2.22. The Kier molecular flexibility index (Phi) is 6.30. The highest BCUT2D eigenvalue weighted by molar-refractivity contribution is 7.12. The van der Waals surface area contributed by atoms with Gasteiger partial charge in [-0.3, -0.25) is 9.79 Å². The minimum absolute atomic E-state index is 0.121. The van der Waals surface area contributed by atoms with Crippen LogP contribution in [0.5, 0.6) is 0 Å². The number of carbonyl (C=O) groups is 1. The molecular weight excluding hydrogens is 478 g/mol. The van der Waals surface area contributed by atoms with E-state index >= 15 is 0 Å². The van der Waals surface area contributed by atoms with Gasteiger partial charge in [0.15, 0.2) is 5.82 Å². The smallest absolute Gasteiger partial charge is 0.227 e. The molecule has 1 aliphatic rings. The molecule has 0 spiro atoms. The molecule has 0 aliphatic carbocycles. The largest absolute Gasteiger partial charge is 0.326 e. The SMILES string of the molecule is Cc1ccc(NC(=O)CC2N=C(c3ccc(Cl)cc3)c3c(sc(C)c3C)Cn3c(C)nnc32)cc1. The quantitative estimate of drug-likeness (QED) is 0.360. The Morgan fingerprint density at radius 1 is 1.06 bits per heavy atom. The fourth-order valence-electron chi connectivity index (χ4n) is 4.37. The van der Waals surface area contributed by atoms with E-state index in [0.29, 0.717) is 17.4 Å². The maximum absolute atomic E-state index is 13.1. The molecule has 1 unspecified atom stereocenters. The number of thiophene rings is 1. The molecule has 6 nitrogen and oxygen atoms in total. The lowest BCUT2D eigenvalue weighted by atomic mass is 9.96. The van der Waals surface area contributed by atoms with E-state index in [0.717, 1.165) is 33.9 Å². The number of amides is 1. The Labute approximate surface area is 213 Å². The highest BCUT2D eigenvalue weighted by atomic mass is 35.5. The average molecular weight is 504 g/mol. The van der Waals surface area contributed by atoms with Crippen LogP contribution in [0.25, 0.3) is 0 Å². The van der Waals surface area contributed by atoms with E-state index in [-0.39, 0.29) is 12.3 Å². The van der Waals surface area contributed by atoms with E-state index in [9.17, 15) is 4.79 Å². The van der Waals surface area contributed by atoms with Crippen LogP contribution in [-0.2, 0) is 11.3 Å². The summed E-state index contributed by atoms with van der Waals surface area (Å²) in [5.41, 5.74) is 6.05. The first kappa shape index (κ1) is 23.5. The topological polar surface area (TPSA) is 72.2 Å². The van der Waals surface area contributed by atoms with Crippen LogP contribution in [0.2, 0.25) is 5.02 Å². The van der Waals surface area contributed by atoms with E-state index in [1.165, 1.54) is 15.3 Å². The van der Waals surface area contributed by atoms with Gasteiger partial charge in [0.25, 0.3) is 0 Å². The highest BCUT2D eigenvalue weighted by Crippen LogP contribution is 2.36. The molecule has 178 valence electrons. The minimum Gasteiger partial charge on any atom is -0.326 e. The highest BCUT2D eigenvalue weighted by Gasteiger charge is 2.29. The zero-order valence-corrected chi connectivity index (χ0v) is 21.7. The molecule has 0 saturated carbocycles. The van der Waals surface area contributed by atoms with Crippen molar-refractivity contribution in [2.45, 2.75) is 46.7 Å². The van der Waals surface area contributed by atoms with Crippen molar-refractivity contribution in [1.82, 2.24) is 14.8 Å². The van der Waals surface area contributed by atoms with Crippen molar-refractivity contribution in [3.8, 4) is 0 Å². The number of benzene rings is 2. The van der Waals surface area contributed by atoms with Gasteiger partial charge in [-0.05, 0) is 57.5 Å². The second-order valence-electron chi connectivity index (χ2n) is 8.89. The number of aromatic nitrogens is 3. The fourth-order valence-corrected chi connectivity index (χ4v) is 5.66. The molecule has 0 radical (unpaired) electrons. The summed E-state index contributed by atoms with van der Waals surface area (Å²) >= 11 is 7.96. The third-order valence-electron chi connectivity index (χ3n) is 6.38. The summed E-state index contributed by atoms with van der Waals surface area (Å²) in [5.74, 6) is 1.38. The van der Waals surface area contributed by atoms with E-state index in [4.69, 9.17) is 16.6 Å². The van der Waals surface area contributed by atoms with Crippen LogP contribution in [0, 0.1) is 27.7 Å². The zero-order valence-electron chi connectivity index (χ0n) is 20.1. The Morgan fingerprint density at radius 3 is 2.49 bits per heavy atom. The Hall–Kier alpha value is -3.29. The number of carbonyl (C=O) groups excluding carboxylic acids is 1. The molecule has 4 aromatic rings. The van der Waals surface area contributed by atoms with Crippen molar-refractivity contribution in [2.75, 3.05) is 5.32 Å². The number of nitrogens with zero attached hydrogens (tertiary/aromatic N) is 4. The van der Waals surface area contributed by atoms with Gasteiger partial charge in [0.05, 0.1) is 18.7 Å². The molecule has 3 heterocycles. The molecule has 2 aromatic carbocycles. The molecule has 0 saturated heterocycles. The molecule has 8 heteroatoms. The second-order valence-corrected chi connectivity index (χ2v) is 10.6. The molecule has 35 heavy (non-hydrogen) atoms. The van der Waals surface area contributed by atoms with Gasteiger partial charge in [0.2, 0.25) is 5.91 Å². The molecule has 1 amide bonds. The summed E-state index contributed by atoms with van der Waals surface area (Å²) in [6.07, 6.45) is 0.153. The van der Waals surface area contributed by atoms with Crippen molar-refractivity contribution >= 4 is 40.2 Å². The first-order chi connectivity index (χ1) is 16.8. The lowest BCUT2D eigenvalue weighted by molar-refractivity contribution is -0.116. The van der Waals surface area contributed by atoms with E-state index < -0.39 is 6.04 Å². The van der Waals surface area contributed by atoms with Gasteiger partial charge in [-0.15, -0.1) is 21.5 Å². The summed E-state index contributed by atoms with van der Waals surface area (Å²) < 4.78 is 2.08. The molecule has 1 atom stereocenters. The van der Waals surface area contributed by atoms with Crippen LogP contribution in [0.3, 0.4) is 0 Å². The van der Waals surface area contributed by atoms with Gasteiger partial charge in [-0.25, -0.2) is 0 Å². The summed E-state index contributed by atoms with van der Waals surface area (Å²) in [7, 11) is 0. The number of anilines is 1. The van der Waals surface area contributed by atoms with Crippen LogP contribution in [0.15, 0.2) is 53.5 Å². The van der Waals surface area contributed by atoms with Crippen LogP contribution < -0.4 is 5.32 Å². The van der Waals surface area contributed by atoms with Crippen LogP contribution in [0.4, 0.5) is 5.69 Å². The maximum Gasteiger partial charge on any atom is 0.227 e. The maximum atomic E-state index is 13.1. The predicted octanol–water partition coefficient (Wildman–Crippen LogP) is 6.20. The minimum atomic E-state index is -0.486. The third-order valence-corrected chi connectivity index (χ3v) is 7.82. The van der Waals surface area contributed by atoms with Gasteiger partial charge in [-0.1, -0.05) is 41.4 Å². The molecule has 2 aromatic heterocycles. The summed E-state index contributed by atoms with van der Waals surface area (Å²) in [6.45, 7) is 8.88. The molecule has 5 rings (SSSR count). The summed E-state index contributed by atoms with van der Waals surface area (Å²) in [6, 6.07) is 15.0. The molecular formula is C27H26ClN5OS. The Bertz CT molecular complexity index is 1430. The van der Waals surface area contributed by atoms with E-state index in [2.05, 4.69) is 33.9 Å². The standard InChI is InChI=1S/C27H26ClN5OS/c1-15-5-11-21(12-6-15)29-24(34)13-22-27-32-31-18(4)33(27)14-23-25(16(2)17(3)35-23)26(30-22)19-7-9-20(28)10-8-19/h5-12,22H,13-14H2,1-4H3,(H,29,34). The molecule has 0 bridgehead atoms. The lowest BCUT2D eigenvalue weighted by Gasteiger charge is -2.21. The Balaban J connectivity index is 1.61. The van der Waals surface area contributed by atoms with Crippen molar-refractivity contribution in [3.63, 3.8) is 0 Å². The number of hydrogen-bond acceptors (Lipinski definition) is 5. The van der Waals surface area contributed by atoms with Crippen LogP contribution in [0.1, 0.15) is 56.1 Å². The first-order valence-electron chi connectivity index (χ1n) is 11.5. The van der Waals surface area contributed by atoms with Crippen molar-refractivity contribution in [2.24, 2.45) is 4.99 Å². The van der Waals surface area contributed by atoms with Crippen LogP contribution >= 0.6 is 22.9 Å². The van der Waals surface area contributed by atoms with Crippen molar-refractivity contribution in [1.29, 1.82) is 0 Å². The predicted molar refractivity (Wildman–Crippen MR) is 142 cm³/mol. The zero-order chi connectivity index (χ0) is 24.7. The van der Waals surface area contributed by atoms with Gasteiger partial charge in [0, 0.05) is 31.6 Å². The number of rotatable bonds is 4. The monoisotopic (exact) mass is 503 g/mol. The van der Waals surface area contributed by atoms with Gasteiger partial charge in [-0.2, -0.15) is 0 Å². The summed E-state index contributed by atoms with van der Waals surface area (Å²) in [4.78, 5) is 20.8. The van der Waals surface area contributed by atoms with Crippen molar-refractivity contribution in [3.05, 3.63) is 97.2 Å². The molecule has 1 aliphatic heterocycles. The van der Waals surface area contributed by atoms with E-state index in [1.54, 1.807) is 11.3 Å². The first-order valence-corrected chi connectivity index (χ1v) is 12.7. The van der Waals surface area contributed by atoms with E-state index in [1.807, 2.05) is 62.4 Å². The second kappa shape index (κ2) is 9.40. The number of nitrogens with one attached hydrogen (secondary N) is 1. The number of aryl methyl sites for hydroxylation is 3. The number of hydrogen-bond donors (Lipinski definition) is 1. The number of halogens is 1. The van der Waals surface area contributed by atoms with Gasteiger partial charge in [0.1, 0.15) is 11.9 Å². The fraction of sp³-hybridized carbons (Fsp3) is 0.259.